The summed E-state index contributed by atoms with van der Waals surface area (Å²) < 4.78 is 1.82. The number of likely N-dealkylation sites (tertiary alicyclic amines) is 1. The molecule has 0 N–H and O–H groups in total. The van der Waals surface area contributed by atoms with Crippen molar-refractivity contribution < 1.29 is 4.79 Å². The molecule has 6 heteroatoms. The third-order valence-electron chi connectivity index (χ3n) is 5.16. The maximum absolute atomic E-state index is 12.5. The molecule has 0 spiro atoms. The van der Waals surface area contributed by atoms with Crippen LogP contribution in [-0.2, 0) is 11.3 Å². The number of halogens is 1. The quantitative estimate of drug-likeness (QED) is 0.652. The van der Waals surface area contributed by atoms with Crippen LogP contribution in [0.4, 0.5) is 0 Å². The fourth-order valence-corrected chi connectivity index (χ4v) is 3.99. The maximum Gasteiger partial charge on any atom is 0.223 e. The minimum atomic E-state index is 0.224. The molecule has 3 heterocycles. The lowest BCUT2D eigenvalue weighted by atomic mass is 10.0. The van der Waals surface area contributed by atoms with Crippen LogP contribution in [0.15, 0.2) is 36.7 Å². The number of amides is 1. The zero-order valence-electron chi connectivity index (χ0n) is 15.7. The lowest BCUT2D eigenvalue weighted by Crippen LogP contribution is -2.25. The molecule has 1 fully saturated rings. The van der Waals surface area contributed by atoms with Crippen LogP contribution in [0, 0.1) is 12.8 Å². The molecule has 1 aliphatic rings. The van der Waals surface area contributed by atoms with Gasteiger partial charge in [0.2, 0.25) is 5.91 Å². The van der Waals surface area contributed by atoms with Gasteiger partial charge in [0.25, 0.3) is 0 Å². The van der Waals surface area contributed by atoms with Gasteiger partial charge < -0.3 is 4.90 Å². The molecule has 5 nitrogen and oxygen atoms in total. The fraction of sp³-hybridized carbons (Fsp3) is 0.381. The van der Waals surface area contributed by atoms with Gasteiger partial charge in [-0.25, -0.2) is 9.50 Å². The lowest BCUT2D eigenvalue weighted by Gasteiger charge is -2.17. The lowest BCUT2D eigenvalue weighted by molar-refractivity contribution is -0.128. The number of rotatable bonds is 5. The summed E-state index contributed by atoms with van der Waals surface area (Å²) in [7, 11) is 0. The molecule has 27 heavy (non-hydrogen) atoms. The minimum absolute atomic E-state index is 0.224. The van der Waals surface area contributed by atoms with E-state index >= 15 is 0 Å². The van der Waals surface area contributed by atoms with E-state index in [0.717, 1.165) is 47.4 Å². The molecule has 1 atom stereocenters. The molecular formula is C21H23ClN4O. The van der Waals surface area contributed by atoms with E-state index in [2.05, 4.69) is 11.9 Å². The number of hydrogen-bond donors (Lipinski definition) is 0. The van der Waals surface area contributed by atoms with E-state index < -0.39 is 0 Å². The first kappa shape index (κ1) is 18.0. The van der Waals surface area contributed by atoms with E-state index in [-0.39, 0.29) is 5.91 Å². The first-order valence-electron chi connectivity index (χ1n) is 9.42. The van der Waals surface area contributed by atoms with Gasteiger partial charge >= 0.3 is 0 Å². The number of benzene rings is 1. The van der Waals surface area contributed by atoms with Gasteiger partial charge in [0.1, 0.15) is 5.69 Å². The Bertz CT molecular complexity index is 980. The third kappa shape index (κ3) is 3.56. The summed E-state index contributed by atoms with van der Waals surface area (Å²) in [4.78, 5) is 19.1. The molecule has 0 saturated carbocycles. The molecule has 1 amide bonds. The Morgan fingerprint density at radius 2 is 2.04 bits per heavy atom. The summed E-state index contributed by atoms with van der Waals surface area (Å²) >= 11 is 6.05. The molecule has 4 rings (SSSR count). The minimum Gasteiger partial charge on any atom is -0.338 e. The van der Waals surface area contributed by atoms with E-state index in [9.17, 15) is 4.79 Å². The summed E-state index contributed by atoms with van der Waals surface area (Å²) in [5, 5.41) is 5.46. The topological polar surface area (TPSA) is 50.5 Å². The van der Waals surface area contributed by atoms with Gasteiger partial charge in [0, 0.05) is 41.5 Å². The molecule has 140 valence electrons. The van der Waals surface area contributed by atoms with Crippen molar-refractivity contribution in [2.75, 3.05) is 6.54 Å². The Balaban J connectivity index is 1.75. The van der Waals surface area contributed by atoms with Crippen molar-refractivity contribution >= 4 is 23.2 Å². The van der Waals surface area contributed by atoms with Gasteiger partial charge in [0.15, 0.2) is 5.65 Å². The predicted octanol–water partition coefficient (Wildman–Crippen LogP) is 4.51. The average molecular weight is 383 g/mol. The van der Waals surface area contributed by atoms with Crippen LogP contribution in [0.25, 0.3) is 16.9 Å². The molecule has 0 radical (unpaired) electrons. The SMILES string of the molecule is CCCC1CC(=O)N(Cc2c(-c3ccc(Cl)cc3)nn3cc(C)cnc23)C1. The largest absolute Gasteiger partial charge is 0.338 e. The molecule has 0 aliphatic carbocycles. The van der Waals surface area contributed by atoms with E-state index in [0.29, 0.717) is 23.9 Å². The van der Waals surface area contributed by atoms with Crippen molar-refractivity contribution in [1.82, 2.24) is 19.5 Å². The molecule has 1 unspecified atom stereocenters. The van der Waals surface area contributed by atoms with E-state index in [1.807, 2.05) is 53.0 Å². The molecule has 2 aromatic heterocycles. The average Bonchev–Trinajstić information content (AvgIpc) is 3.16. The smallest absolute Gasteiger partial charge is 0.223 e. The zero-order valence-corrected chi connectivity index (χ0v) is 16.4. The maximum atomic E-state index is 12.5. The van der Waals surface area contributed by atoms with Gasteiger partial charge in [0.05, 0.1) is 6.54 Å². The second-order valence-corrected chi connectivity index (χ2v) is 7.80. The van der Waals surface area contributed by atoms with Crippen LogP contribution in [0.1, 0.15) is 37.3 Å². The van der Waals surface area contributed by atoms with Crippen molar-refractivity contribution in [3.05, 3.63) is 52.8 Å². The standard InChI is InChI=1S/C21H23ClN4O/c1-3-4-15-9-19(27)25(12-15)13-18-20(16-5-7-17(22)8-6-16)24-26-11-14(2)10-23-21(18)26/h5-8,10-11,15H,3-4,9,12-13H2,1-2H3. The Labute approximate surface area is 164 Å². The zero-order chi connectivity index (χ0) is 19.0. The first-order valence-corrected chi connectivity index (χ1v) is 9.80. The highest BCUT2D eigenvalue weighted by atomic mass is 35.5. The van der Waals surface area contributed by atoms with Gasteiger partial charge in [-0.1, -0.05) is 37.1 Å². The Morgan fingerprint density at radius 1 is 1.26 bits per heavy atom. The molecule has 0 bridgehead atoms. The number of aryl methyl sites for hydroxylation is 1. The second kappa shape index (κ2) is 7.31. The molecule has 3 aromatic rings. The summed E-state index contributed by atoms with van der Waals surface area (Å²) in [6, 6.07) is 7.65. The third-order valence-corrected chi connectivity index (χ3v) is 5.41. The van der Waals surface area contributed by atoms with Crippen molar-refractivity contribution in [2.45, 2.75) is 39.7 Å². The normalized spacial score (nSPS) is 17.2. The number of fused-ring (bicyclic) bond motifs is 1. The van der Waals surface area contributed by atoms with Crippen LogP contribution in [-0.4, -0.2) is 31.9 Å². The van der Waals surface area contributed by atoms with Crippen LogP contribution in [0.3, 0.4) is 0 Å². The van der Waals surface area contributed by atoms with Gasteiger partial charge in [-0.15, -0.1) is 0 Å². The molecule has 1 saturated heterocycles. The van der Waals surface area contributed by atoms with Gasteiger partial charge in [-0.05, 0) is 37.0 Å². The highest BCUT2D eigenvalue weighted by Gasteiger charge is 2.30. The summed E-state index contributed by atoms with van der Waals surface area (Å²) in [6.45, 7) is 5.52. The highest BCUT2D eigenvalue weighted by molar-refractivity contribution is 6.30. The summed E-state index contributed by atoms with van der Waals surface area (Å²) in [5.74, 6) is 0.681. The van der Waals surface area contributed by atoms with Crippen LogP contribution in [0.2, 0.25) is 5.02 Å². The highest BCUT2D eigenvalue weighted by Crippen LogP contribution is 2.30. The molecule has 1 aliphatic heterocycles. The second-order valence-electron chi connectivity index (χ2n) is 7.37. The number of nitrogens with zero attached hydrogens (tertiary/aromatic N) is 4. The Kier molecular flexibility index (Phi) is 4.87. The van der Waals surface area contributed by atoms with Crippen molar-refractivity contribution in [1.29, 1.82) is 0 Å². The van der Waals surface area contributed by atoms with Crippen molar-refractivity contribution in [3.63, 3.8) is 0 Å². The van der Waals surface area contributed by atoms with Crippen LogP contribution in [0.5, 0.6) is 0 Å². The fourth-order valence-electron chi connectivity index (χ4n) is 3.86. The number of hydrogen-bond acceptors (Lipinski definition) is 3. The predicted molar refractivity (Wildman–Crippen MR) is 107 cm³/mol. The number of aromatic nitrogens is 3. The molecule has 1 aromatic carbocycles. The van der Waals surface area contributed by atoms with Gasteiger partial charge in [-0.2, -0.15) is 5.10 Å². The van der Waals surface area contributed by atoms with Crippen molar-refractivity contribution in [3.8, 4) is 11.3 Å². The first-order chi connectivity index (χ1) is 13.0. The van der Waals surface area contributed by atoms with Gasteiger partial charge in [-0.3, -0.25) is 4.79 Å². The number of carbonyl (C=O) groups excluding carboxylic acids is 1. The molecular weight excluding hydrogens is 360 g/mol. The van der Waals surface area contributed by atoms with Crippen LogP contribution < -0.4 is 0 Å². The van der Waals surface area contributed by atoms with E-state index in [1.54, 1.807) is 0 Å². The van der Waals surface area contributed by atoms with Crippen molar-refractivity contribution in [2.24, 2.45) is 5.92 Å². The Hall–Kier alpha value is -2.40. The summed E-state index contributed by atoms with van der Waals surface area (Å²) in [6.07, 6.45) is 6.67. The summed E-state index contributed by atoms with van der Waals surface area (Å²) in [5.41, 5.74) is 4.67. The van der Waals surface area contributed by atoms with Crippen LogP contribution >= 0.6 is 11.6 Å². The monoisotopic (exact) mass is 382 g/mol. The van der Waals surface area contributed by atoms with E-state index in [1.165, 1.54) is 0 Å². The number of carbonyl (C=O) groups is 1. The Morgan fingerprint density at radius 3 is 2.78 bits per heavy atom. The van der Waals surface area contributed by atoms with E-state index in [4.69, 9.17) is 16.7 Å².